The molecule has 1 aromatic heterocycles. The Hall–Kier alpha value is -3.34. The molecule has 0 saturated carbocycles. The molecular weight excluding hydrogens is 502 g/mol. The Morgan fingerprint density at radius 1 is 1.00 bits per heavy atom. The van der Waals surface area contributed by atoms with E-state index in [0.717, 1.165) is 62.9 Å². The lowest BCUT2D eigenvalue weighted by atomic mass is 10.1. The SMILES string of the molecule is CN1CCN(CCCNC(=O)Nc2cccc(Cn3nc(-c4cc(F)cc(F)c4)ccc3=O)c2)CC1.Cl. The molecule has 2 N–H and O–H groups in total. The molecule has 11 heteroatoms. The first-order valence-electron chi connectivity index (χ1n) is 11.9. The first-order chi connectivity index (χ1) is 17.4. The normalized spacial score (nSPS) is 14.1. The third-order valence-corrected chi connectivity index (χ3v) is 6.07. The average molecular weight is 533 g/mol. The van der Waals surface area contributed by atoms with Gasteiger partial charge in [0.25, 0.3) is 5.56 Å². The molecule has 2 amide bonds. The van der Waals surface area contributed by atoms with Crippen LogP contribution in [0.4, 0.5) is 19.3 Å². The predicted molar refractivity (Wildman–Crippen MR) is 142 cm³/mol. The fourth-order valence-corrected chi connectivity index (χ4v) is 4.09. The number of nitrogens with zero attached hydrogens (tertiary/aromatic N) is 4. The van der Waals surface area contributed by atoms with Crippen LogP contribution in [-0.2, 0) is 6.54 Å². The zero-order valence-electron chi connectivity index (χ0n) is 20.6. The number of aromatic nitrogens is 2. The zero-order chi connectivity index (χ0) is 25.5. The highest BCUT2D eigenvalue weighted by molar-refractivity contribution is 5.89. The molecule has 4 rings (SSSR count). The van der Waals surface area contributed by atoms with E-state index in [0.29, 0.717) is 12.2 Å². The number of carbonyl (C=O) groups is 1. The summed E-state index contributed by atoms with van der Waals surface area (Å²) < 4.78 is 28.4. The van der Waals surface area contributed by atoms with Crippen molar-refractivity contribution in [1.82, 2.24) is 24.9 Å². The lowest BCUT2D eigenvalue weighted by Crippen LogP contribution is -2.45. The van der Waals surface area contributed by atoms with Crippen LogP contribution < -0.4 is 16.2 Å². The van der Waals surface area contributed by atoms with Crippen molar-refractivity contribution in [2.24, 2.45) is 0 Å². The lowest BCUT2D eigenvalue weighted by Gasteiger charge is -2.32. The standard InChI is InChI=1S/C26H30F2N6O2.ClH/c1-32-10-12-33(13-11-32)9-3-8-29-26(36)30-23-5-2-4-19(14-23)18-34-25(35)7-6-24(31-34)20-15-21(27)17-22(28)16-20;/h2,4-7,14-17H,3,8-13,18H2,1H3,(H2,29,30,36);1H. The molecule has 1 saturated heterocycles. The van der Waals surface area contributed by atoms with Crippen molar-refractivity contribution in [3.8, 4) is 11.3 Å². The largest absolute Gasteiger partial charge is 0.338 e. The minimum absolute atomic E-state index is 0. The number of carbonyl (C=O) groups excluding carboxylic acids is 1. The lowest BCUT2D eigenvalue weighted by molar-refractivity contribution is 0.153. The highest BCUT2D eigenvalue weighted by Crippen LogP contribution is 2.19. The molecule has 0 aliphatic carbocycles. The fourth-order valence-electron chi connectivity index (χ4n) is 4.09. The average Bonchev–Trinajstić information content (AvgIpc) is 2.84. The molecule has 0 radical (unpaired) electrons. The van der Waals surface area contributed by atoms with Crippen molar-refractivity contribution in [2.75, 3.05) is 51.6 Å². The summed E-state index contributed by atoms with van der Waals surface area (Å²) in [6.07, 6.45) is 0.872. The fraction of sp³-hybridized carbons (Fsp3) is 0.346. The van der Waals surface area contributed by atoms with Gasteiger partial charge < -0.3 is 20.4 Å². The smallest absolute Gasteiger partial charge is 0.319 e. The number of nitrogens with one attached hydrogen (secondary N) is 2. The molecule has 1 aliphatic heterocycles. The van der Waals surface area contributed by atoms with E-state index in [1.54, 1.807) is 18.2 Å². The maximum atomic E-state index is 13.6. The van der Waals surface area contributed by atoms with Crippen LogP contribution in [0.2, 0.25) is 0 Å². The third kappa shape index (κ3) is 8.34. The van der Waals surface area contributed by atoms with Crippen molar-refractivity contribution in [3.63, 3.8) is 0 Å². The van der Waals surface area contributed by atoms with Crippen molar-refractivity contribution >= 4 is 24.1 Å². The first-order valence-corrected chi connectivity index (χ1v) is 11.9. The van der Waals surface area contributed by atoms with E-state index in [9.17, 15) is 18.4 Å². The zero-order valence-corrected chi connectivity index (χ0v) is 21.4. The molecule has 198 valence electrons. The second kappa shape index (κ2) is 13.3. The van der Waals surface area contributed by atoms with Gasteiger partial charge in [0, 0.05) is 56.1 Å². The summed E-state index contributed by atoms with van der Waals surface area (Å²) in [4.78, 5) is 29.4. The van der Waals surface area contributed by atoms with Crippen LogP contribution >= 0.6 is 12.4 Å². The number of piperazine rings is 1. The minimum Gasteiger partial charge on any atom is -0.338 e. The summed E-state index contributed by atoms with van der Waals surface area (Å²) in [5.41, 5.74) is 1.48. The van der Waals surface area contributed by atoms with Gasteiger partial charge in [-0.05, 0) is 55.9 Å². The van der Waals surface area contributed by atoms with Gasteiger partial charge in [0.05, 0.1) is 12.2 Å². The molecule has 8 nitrogen and oxygen atoms in total. The van der Waals surface area contributed by atoms with Gasteiger partial charge in [-0.3, -0.25) is 4.79 Å². The maximum absolute atomic E-state index is 13.6. The van der Waals surface area contributed by atoms with E-state index in [2.05, 4.69) is 32.6 Å². The number of urea groups is 1. The van der Waals surface area contributed by atoms with Gasteiger partial charge in [-0.25, -0.2) is 18.3 Å². The van der Waals surface area contributed by atoms with Crippen LogP contribution in [0, 0.1) is 11.6 Å². The summed E-state index contributed by atoms with van der Waals surface area (Å²) in [7, 11) is 2.12. The molecule has 37 heavy (non-hydrogen) atoms. The van der Waals surface area contributed by atoms with Crippen molar-refractivity contribution in [1.29, 1.82) is 0 Å². The topological polar surface area (TPSA) is 82.5 Å². The summed E-state index contributed by atoms with van der Waals surface area (Å²) in [5, 5.41) is 9.96. The number of rotatable bonds is 8. The number of halogens is 3. The third-order valence-electron chi connectivity index (χ3n) is 6.07. The van der Waals surface area contributed by atoms with Crippen LogP contribution in [0.5, 0.6) is 0 Å². The first kappa shape index (κ1) is 28.2. The Balaban J connectivity index is 0.00000380. The molecule has 3 aromatic rings. The second-order valence-electron chi connectivity index (χ2n) is 8.95. The number of amides is 2. The van der Waals surface area contributed by atoms with Crippen molar-refractivity contribution < 1.29 is 13.6 Å². The van der Waals surface area contributed by atoms with Gasteiger partial charge in [0.15, 0.2) is 0 Å². The van der Waals surface area contributed by atoms with Gasteiger partial charge in [-0.15, -0.1) is 12.4 Å². The maximum Gasteiger partial charge on any atom is 0.319 e. The number of benzene rings is 2. The Bertz CT molecular complexity index is 1240. The molecule has 0 unspecified atom stereocenters. The highest BCUT2D eigenvalue weighted by atomic mass is 35.5. The molecule has 2 heterocycles. The van der Waals surface area contributed by atoms with Crippen LogP contribution in [0.25, 0.3) is 11.3 Å². The summed E-state index contributed by atoms with van der Waals surface area (Å²) in [6, 6.07) is 12.6. The minimum atomic E-state index is -0.721. The Kier molecular flexibility index (Phi) is 10.1. The van der Waals surface area contributed by atoms with Gasteiger partial charge in [-0.2, -0.15) is 5.10 Å². The van der Waals surface area contributed by atoms with Gasteiger partial charge in [0.2, 0.25) is 0 Å². The van der Waals surface area contributed by atoms with Crippen LogP contribution in [-0.4, -0.2) is 71.9 Å². The van der Waals surface area contributed by atoms with Crippen LogP contribution in [0.15, 0.2) is 59.4 Å². The van der Waals surface area contributed by atoms with Crippen molar-refractivity contribution in [2.45, 2.75) is 13.0 Å². The molecule has 1 fully saturated rings. The summed E-state index contributed by atoms with van der Waals surface area (Å²) >= 11 is 0. The number of hydrogen-bond acceptors (Lipinski definition) is 5. The molecule has 0 atom stereocenters. The van der Waals surface area contributed by atoms with E-state index in [-0.39, 0.29) is 41.8 Å². The molecule has 0 spiro atoms. The van der Waals surface area contributed by atoms with E-state index in [1.807, 2.05) is 6.07 Å². The monoisotopic (exact) mass is 532 g/mol. The molecular formula is C26H31ClF2N6O2. The van der Waals surface area contributed by atoms with Crippen LogP contribution in [0.3, 0.4) is 0 Å². The van der Waals surface area contributed by atoms with E-state index in [1.165, 1.54) is 16.8 Å². The van der Waals surface area contributed by atoms with Gasteiger partial charge in [-0.1, -0.05) is 12.1 Å². The Morgan fingerprint density at radius 2 is 1.73 bits per heavy atom. The summed E-state index contributed by atoms with van der Waals surface area (Å²) in [5.74, 6) is -1.44. The molecule has 1 aliphatic rings. The number of anilines is 1. The van der Waals surface area contributed by atoms with Crippen molar-refractivity contribution in [3.05, 3.63) is 82.1 Å². The Labute approximate surface area is 220 Å². The predicted octanol–water partition coefficient (Wildman–Crippen LogP) is 3.42. The van der Waals surface area contributed by atoms with Gasteiger partial charge in [0.1, 0.15) is 11.6 Å². The van der Waals surface area contributed by atoms with E-state index < -0.39 is 11.6 Å². The molecule has 0 bridgehead atoms. The van der Waals surface area contributed by atoms with Gasteiger partial charge >= 0.3 is 6.03 Å². The number of likely N-dealkylation sites (N-methyl/N-ethyl adjacent to an activating group) is 1. The second-order valence-corrected chi connectivity index (χ2v) is 8.95. The highest BCUT2D eigenvalue weighted by Gasteiger charge is 2.13. The summed E-state index contributed by atoms with van der Waals surface area (Å²) in [6.45, 7) is 5.90. The quantitative estimate of drug-likeness (QED) is 0.434. The Morgan fingerprint density at radius 3 is 2.46 bits per heavy atom. The van der Waals surface area contributed by atoms with E-state index >= 15 is 0 Å². The van der Waals surface area contributed by atoms with Crippen LogP contribution in [0.1, 0.15) is 12.0 Å². The molecule has 2 aromatic carbocycles. The number of hydrogen-bond donors (Lipinski definition) is 2. The van der Waals surface area contributed by atoms with E-state index in [4.69, 9.17) is 0 Å².